The molecule has 0 aliphatic rings. The van der Waals surface area contributed by atoms with Crippen molar-refractivity contribution in [2.75, 3.05) is 43.2 Å². The number of amides is 3. The second kappa shape index (κ2) is 16.3. The van der Waals surface area contributed by atoms with Gasteiger partial charge in [0.2, 0.25) is 17.7 Å². The quantitative estimate of drug-likeness (QED) is 0.0824. The molecule has 5 N–H and O–H groups in total. The molecule has 272 valence electrons. The topological polar surface area (TPSA) is 162 Å². The van der Waals surface area contributed by atoms with Gasteiger partial charge in [-0.15, -0.1) is 0 Å². The van der Waals surface area contributed by atoms with Crippen LogP contribution in [-0.4, -0.2) is 63.8 Å². The number of nitrogens with two attached hydrogens (primary N) is 1. The van der Waals surface area contributed by atoms with Crippen LogP contribution in [0.1, 0.15) is 47.8 Å². The fourth-order valence-electron chi connectivity index (χ4n) is 5.55. The molecule has 0 aliphatic carbocycles. The summed E-state index contributed by atoms with van der Waals surface area (Å²) in [5, 5.41) is 15.4. The zero-order valence-electron chi connectivity index (χ0n) is 30.4. The van der Waals surface area contributed by atoms with E-state index in [4.69, 9.17) is 20.3 Å². The highest BCUT2D eigenvalue weighted by atomic mass is 16.5. The number of nitrogens with one attached hydrogen (secondary N) is 3. The molecule has 0 aliphatic heterocycles. The van der Waals surface area contributed by atoms with Crippen LogP contribution in [0.25, 0.3) is 16.5 Å². The number of hydrogen-bond acceptors (Lipinski definition) is 9. The number of fused-ring (bicyclic) bond motifs is 1. The molecule has 6 aromatic rings. The number of rotatable bonds is 14. The summed E-state index contributed by atoms with van der Waals surface area (Å²) in [6.07, 6.45) is 2.38. The van der Waals surface area contributed by atoms with Gasteiger partial charge < -0.3 is 30.7 Å². The number of aryl methyl sites for hydroxylation is 1. The van der Waals surface area contributed by atoms with Crippen LogP contribution < -0.4 is 31.2 Å². The minimum Gasteiger partial charge on any atom is -0.491 e. The van der Waals surface area contributed by atoms with Crippen molar-refractivity contribution in [2.45, 2.75) is 33.1 Å². The van der Waals surface area contributed by atoms with Crippen molar-refractivity contribution in [3.8, 4) is 23.1 Å². The second-order valence-electron chi connectivity index (χ2n) is 13.1. The van der Waals surface area contributed by atoms with E-state index in [1.165, 1.54) is 0 Å². The van der Waals surface area contributed by atoms with Crippen molar-refractivity contribution < 1.29 is 19.1 Å². The lowest BCUT2D eigenvalue weighted by Gasteiger charge is -2.16. The van der Waals surface area contributed by atoms with Gasteiger partial charge in [0.25, 0.3) is 0 Å². The Kier molecular flexibility index (Phi) is 11.1. The molecule has 0 spiro atoms. The van der Waals surface area contributed by atoms with Crippen LogP contribution in [0, 0.1) is 6.92 Å². The molecule has 2 aromatic heterocycles. The molecule has 13 nitrogen and oxygen atoms in total. The third-order valence-corrected chi connectivity index (χ3v) is 8.33. The second-order valence-corrected chi connectivity index (χ2v) is 13.1. The third kappa shape index (κ3) is 9.07. The molecule has 2 heterocycles. The summed E-state index contributed by atoms with van der Waals surface area (Å²) in [5.41, 5.74) is 9.79. The molecule has 3 amide bonds. The Bertz CT molecular complexity index is 2230. The number of anilines is 4. The van der Waals surface area contributed by atoms with Crippen LogP contribution in [0.2, 0.25) is 0 Å². The van der Waals surface area contributed by atoms with Gasteiger partial charge in [-0.3, -0.25) is 10.1 Å². The van der Waals surface area contributed by atoms with E-state index in [2.05, 4.69) is 44.7 Å². The Labute approximate surface area is 308 Å². The number of hydrogen-bond donors (Lipinski definition) is 4. The van der Waals surface area contributed by atoms with E-state index in [1.54, 1.807) is 47.3 Å². The first kappa shape index (κ1) is 36.3. The van der Waals surface area contributed by atoms with Gasteiger partial charge in [-0.05, 0) is 75.8 Å². The summed E-state index contributed by atoms with van der Waals surface area (Å²) in [7, 11) is 4.00. The van der Waals surface area contributed by atoms with Gasteiger partial charge in [0, 0.05) is 41.2 Å². The van der Waals surface area contributed by atoms with Gasteiger partial charge in [0.1, 0.15) is 17.3 Å². The zero-order chi connectivity index (χ0) is 37.5. The lowest BCUT2D eigenvalue weighted by Crippen LogP contribution is -2.21. The molecular weight excluding hydrogens is 670 g/mol. The predicted octanol–water partition coefficient (Wildman–Crippen LogP) is 7.86. The summed E-state index contributed by atoms with van der Waals surface area (Å²) >= 11 is 0. The van der Waals surface area contributed by atoms with Crippen LogP contribution >= 0.6 is 0 Å². The molecule has 13 heteroatoms. The lowest BCUT2D eigenvalue weighted by atomic mass is 10.1. The summed E-state index contributed by atoms with van der Waals surface area (Å²) < 4.78 is 14.0. The van der Waals surface area contributed by atoms with Crippen LogP contribution in [0.3, 0.4) is 0 Å². The fourth-order valence-corrected chi connectivity index (χ4v) is 5.55. The van der Waals surface area contributed by atoms with Gasteiger partial charge in [-0.25, -0.2) is 14.5 Å². The Morgan fingerprint density at radius 3 is 2.38 bits per heavy atom. The van der Waals surface area contributed by atoms with Gasteiger partial charge in [-0.1, -0.05) is 55.8 Å². The molecule has 0 saturated heterocycles. The van der Waals surface area contributed by atoms with Crippen LogP contribution in [0.15, 0.2) is 97.2 Å². The van der Waals surface area contributed by atoms with Crippen molar-refractivity contribution in [3.63, 3.8) is 0 Å². The van der Waals surface area contributed by atoms with Gasteiger partial charge >= 0.3 is 6.03 Å². The number of ether oxygens (including phenoxy) is 2. The first-order valence-corrected chi connectivity index (χ1v) is 17.3. The van der Waals surface area contributed by atoms with E-state index in [-0.39, 0.29) is 17.7 Å². The van der Waals surface area contributed by atoms with Crippen LogP contribution in [0.5, 0.6) is 17.4 Å². The van der Waals surface area contributed by atoms with Crippen molar-refractivity contribution in [1.29, 1.82) is 0 Å². The van der Waals surface area contributed by atoms with E-state index >= 15 is 0 Å². The van der Waals surface area contributed by atoms with Crippen molar-refractivity contribution >= 4 is 45.9 Å². The maximum absolute atomic E-state index is 13.4. The number of primary amides is 1. The molecule has 0 unspecified atom stereocenters. The fraction of sp³-hybridized carbons (Fsp3) is 0.225. The molecule has 0 saturated carbocycles. The molecule has 4 aromatic carbocycles. The predicted molar refractivity (Wildman–Crippen MR) is 208 cm³/mol. The minimum absolute atomic E-state index is 0.172. The van der Waals surface area contributed by atoms with Crippen molar-refractivity contribution in [2.24, 2.45) is 5.73 Å². The summed E-state index contributed by atoms with van der Waals surface area (Å²) in [4.78, 5) is 36.4. The average Bonchev–Trinajstić information content (AvgIpc) is 3.56. The maximum atomic E-state index is 13.4. The van der Waals surface area contributed by atoms with Gasteiger partial charge in [0.05, 0.1) is 29.4 Å². The first-order chi connectivity index (χ1) is 25.5. The lowest BCUT2D eigenvalue weighted by molar-refractivity contribution is 0.1000. The summed E-state index contributed by atoms with van der Waals surface area (Å²) in [5.74, 6) is 1.71. The van der Waals surface area contributed by atoms with Crippen molar-refractivity contribution in [1.82, 2.24) is 24.6 Å². The van der Waals surface area contributed by atoms with Crippen LogP contribution in [-0.2, 0) is 0 Å². The summed E-state index contributed by atoms with van der Waals surface area (Å²) in [6, 6.07) is 27.1. The first-order valence-electron chi connectivity index (χ1n) is 17.3. The number of carbonyl (C=O) groups is 2. The minimum atomic E-state index is -0.568. The smallest absolute Gasteiger partial charge is 0.324 e. The van der Waals surface area contributed by atoms with Crippen LogP contribution in [0.4, 0.5) is 27.9 Å². The molecular formula is C40H43N9O4. The Morgan fingerprint density at radius 1 is 0.887 bits per heavy atom. The number of urea groups is 1. The standard InChI is InChI=1S/C40H43N9O4/c1-25(2)32-24-36(49(47-32)28-14-11-26(3)12-15-28)45-40(51)44-31-16-18-34(30-10-7-6-9-29(30)31)53-37-19-20-42-39(46-37)43-33-23-27(38(41)50)13-17-35(33)52-22-8-21-48(4)5/h6-7,9-20,23-25H,8,21-22H2,1-5H3,(H2,41,50)(H,42,43,46)(H2,44,45,51). The monoisotopic (exact) mass is 713 g/mol. The molecule has 0 radical (unpaired) electrons. The Balaban J connectivity index is 1.20. The van der Waals surface area contributed by atoms with E-state index in [0.29, 0.717) is 40.9 Å². The molecule has 0 fully saturated rings. The number of aromatic nitrogens is 4. The van der Waals surface area contributed by atoms with Crippen molar-refractivity contribution in [3.05, 3.63) is 114 Å². The number of nitrogens with zero attached hydrogens (tertiary/aromatic N) is 5. The number of carbonyl (C=O) groups excluding carboxylic acids is 2. The zero-order valence-corrected chi connectivity index (χ0v) is 30.4. The highest BCUT2D eigenvalue weighted by Crippen LogP contribution is 2.35. The average molecular weight is 714 g/mol. The summed E-state index contributed by atoms with van der Waals surface area (Å²) in [6.45, 7) is 7.49. The molecule has 0 atom stereocenters. The molecule has 0 bridgehead atoms. The third-order valence-electron chi connectivity index (χ3n) is 8.33. The van der Waals surface area contributed by atoms with E-state index < -0.39 is 11.9 Å². The molecule has 6 rings (SSSR count). The van der Waals surface area contributed by atoms with Gasteiger partial charge in [0.15, 0.2) is 0 Å². The van der Waals surface area contributed by atoms with Gasteiger partial charge in [-0.2, -0.15) is 10.1 Å². The SMILES string of the molecule is Cc1ccc(-n2nc(C(C)C)cc2NC(=O)Nc2ccc(Oc3ccnc(Nc4cc(C(N)=O)ccc4OCCCN(C)C)n3)c3ccccc23)cc1. The van der Waals surface area contributed by atoms with E-state index in [0.717, 1.165) is 40.7 Å². The highest BCUT2D eigenvalue weighted by molar-refractivity contribution is 6.07. The molecule has 53 heavy (non-hydrogen) atoms. The maximum Gasteiger partial charge on any atom is 0.324 e. The van der Waals surface area contributed by atoms with E-state index in [9.17, 15) is 9.59 Å². The largest absolute Gasteiger partial charge is 0.491 e. The Hall–Kier alpha value is -6.47. The normalized spacial score (nSPS) is 11.2. The number of benzene rings is 4. The van der Waals surface area contributed by atoms with E-state index in [1.807, 2.05) is 75.6 Å². The highest BCUT2D eigenvalue weighted by Gasteiger charge is 2.17. The Morgan fingerprint density at radius 2 is 1.64 bits per heavy atom.